The van der Waals surface area contributed by atoms with Crippen LogP contribution in [0.25, 0.3) is 23.2 Å². The molecule has 0 atom stereocenters. The number of hydrogen-bond acceptors (Lipinski definition) is 6. The van der Waals surface area contributed by atoms with Crippen molar-refractivity contribution in [3.63, 3.8) is 0 Å². The lowest BCUT2D eigenvalue weighted by Gasteiger charge is -2.30. The van der Waals surface area contributed by atoms with Gasteiger partial charge in [0.2, 0.25) is 0 Å². The van der Waals surface area contributed by atoms with Crippen LogP contribution in [-0.2, 0) is 0 Å². The van der Waals surface area contributed by atoms with E-state index in [4.69, 9.17) is 0 Å². The van der Waals surface area contributed by atoms with Crippen molar-refractivity contribution >= 4 is 34.9 Å². The molecule has 210 valence electrons. The molecular formula is C30H27F3N6OS. The van der Waals surface area contributed by atoms with E-state index in [1.807, 2.05) is 36.4 Å². The van der Waals surface area contributed by atoms with Gasteiger partial charge in [0, 0.05) is 17.9 Å². The molecule has 0 bridgehead atoms. The summed E-state index contributed by atoms with van der Waals surface area (Å²) in [6.07, 6.45) is 1.72. The van der Waals surface area contributed by atoms with Crippen LogP contribution in [0.1, 0.15) is 31.4 Å². The van der Waals surface area contributed by atoms with Gasteiger partial charge in [-0.25, -0.2) is 9.67 Å². The van der Waals surface area contributed by atoms with Gasteiger partial charge in [-0.2, -0.15) is 5.10 Å². The monoisotopic (exact) mass is 576 g/mol. The van der Waals surface area contributed by atoms with E-state index in [0.29, 0.717) is 11.5 Å². The number of thioether (sulfide) groups is 1. The van der Waals surface area contributed by atoms with Gasteiger partial charge in [-0.1, -0.05) is 65.9 Å². The van der Waals surface area contributed by atoms with Crippen LogP contribution in [-0.4, -0.2) is 44.8 Å². The molecule has 5 rings (SSSR count). The van der Waals surface area contributed by atoms with Crippen LogP contribution < -0.4 is 9.64 Å². The molecule has 0 aliphatic carbocycles. The fourth-order valence-corrected chi connectivity index (χ4v) is 5.12. The zero-order chi connectivity index (χ0) is 28.8. The fraction of sp³-hybridized carbons (Fsp3) is 0.200. The van der Waals surface area contributed by atoms with E-state index in [9.17, 15) is 13.2 Å². The lowest BCUT2D eigenvalue weighted by atomic mass is 10.1. The van der Waals surface area contributed by atoms with Crippen LogP contribution in [0.5, 0.6) is 5.75 Å². The van der Waals surface area contributed by atoms with Crippen LogP contribution in [0.3, 0.4) is 0 Å². The molecule has 0 unspecified atom stereocenters. The average Bonchev–Trinajstić information content (AvgIpc) is 3.44. The minimum atomic E-state index is -4.74. The van der Waals surface area contributed by atoms with E-state index in [-0.39, 0.29) is 5.75 Å². The van der Waals surface area contributed by atoms with Crippen molar-refractivity contribution in [3.8, 4) is 22.8 Å². The summed E-state index contributed by atoms with van der Waals surface area (Å²) < 4.78 is 42.6. The van der Waals surface area contributed by atoms with Crippen molar-refractivity contribution in [1.82, 2.24) is 14.8 Å². The van der Waals surface area contributed by atoms with Crippen LogP contribution >= 0.6 is 11.8 Å². The van der Waals surface area contributed by atoms with E-state index in [1.54, 1.807) is 18.0 Å². The molecule has 4 aromatic rings. The highest BCUT2D eigenvalue weighted by molar-refractivity contribution is 8.14. The quantitative estimate of drug-likeness (QED) is 0.168. The van der Waals surface area contributed by atoms with Gasteiger partial charge < -0.3 is 9.64 Å². The summed E-state index contributed by atoms with van der Waals surface area (Å²) in [5.41, 5.74) is 5.73. The minimum Gasteiger partial charge on any atom is -0.406 e. The third-order valence-electron chi connectivity index (χ3n) is 6.01. The van der Waals surface area contributed by atoms with E-state index in [2.05, 4.69) is 62.0 Å². The standard InChI is InChI=1S/C30H27F3N6OS/c1-21(2)18-24-6-3-4-7-27(24)38-16-5-17-41-29(38)36-35-19-22-8-10-23(11-9-22)28-34-20-39(37-28)25-12-14-26(15-13-25)40-30(31,32)33/h3-4,6-15,18-20H,5,16-17H2,1-2H3. The maximum absolute atomic E-state index is 12.4. The Kier molecular flexibility index (Phi) is 8.53. The maximum Gasteiger partial charge on any atom is 0.573 e. The third kappa shape index (κ3) is 7.43. The highest BCUT2D eigenvalue weighted by Crippen LogP contribution is 2.29. The largest absolute Gasteiger partial charge is 0.573 e. The van der Waals surface area contributed by atoms with Gasteiger partial charge in [0.25, 0.3) is 0 Å². The molecule has 7 nitrogen and oxygen atoms in total. The predicted molar refractivity (Wildman–Crippen MR) is 159 cm³/mol. The fourth-order valence-electron chi connectivity index (χ4n) is 4.22. The first-order valence-corrected chi connectivity index (χ1v) is 13.9. The lowest BCUT2D eigenvalue weighted by molar-refractivity contribution is -0.274. The van der Waals surface area contributed by atoms with Crippen LogP contribution in [0.4, 0.5) is 18.9 Å². The molecule has 0 N–H and O–H groups in total. The summed E-state index contributed by atoms with van der Waals surface area (Å²) in [6, 6.07) is 21.3. The van der Waals surface area contributed by atoms with Crippen LogP contribution in [0, 0.1) is 0 Å². The van der Waals surface area contributed by atoms with E-state index < -0.39 is 6.36 Å². The number of hydrogen-bond donors (Lipinski definition) is 0. The molecule has 1 aromatic heterocycles. The second-order valence-corrected chi connectivity index (χ2v) is 10.5. The van der Waals surface area contributed by atoms with Gasteiger partial charge in [0.05, 0.1) is 17.6 Å². The summed E-state index contributed by atoms with van der Waals surface area (Å²) in [4.78, 5) is 6.56. The third-order valence-corrected chi connectivity index (χ3v) is 7.06. The number of benzene rings is 3. The minimum absolute atomic E-state index is 0.299. The van der Waals surface area contributed by atoms with Crippen LogP contribution in [0.15, 0.2) is 94.9 Å². The Morgan fingerprint density at radius 3 is 2.49 bits per heavy atom. The van der Waals surface area contributed by atoms with Gasteiger partial charge in [-0.15, -0.1) is 23.4 Å². The molecule has 0 spiro atoms. The van der Waals surface area contributed by atoms with Crippen molar-refractivity contribution in [2.45, 2.75) is 26.6 Å². The molecule has 0 radical (unpaired) electrons. The first-order valence-electron chi connectivity index (χ1n) is 12.9. The summed E-state index contributed by atoms with van der Waals surface area (Å²) in [7, 11) is 0. The predicted octanol–water partition coefficient (Wildman–Crippen LogP) is 7.59. The summed E-state index contributed by atoms with van der Waals surface area (Å²) in [6.45, 7) is 5.06. The van der Waals surface area contributed by atoms with E-state index in [0.717, 1.165) is 46.3 Å². The van der Waals surface area contributed by atoms with E-state index in [1.165, 1.54) is 40.8 Å². The highest BCUT2D eigenvalue weighted by Gasteiger charge is 2.31. The molecular weight excluding hydrogens is 549 g/mol. The van der Waals surface area contributed by atoms with Crippen molar-refractivity contribution in [1.29, 1.82) is 0 Å². The first kappa shape index (κ1) is 28.2. The normalized spacial score (nSPS) is 15.0. The number of amidine groups is 1. The number of alkyl halides is 3. The Labute approximate surface area is 240 Å². The second kappa shape index (κ2) is 12.4. The van der Waals surface area contributed by atoms with Crippen molar-refractivity contribution in [3.05, 3.63) is 95.8 Å². The lowest BCUT2D eigenvalue weighted by Crippen LogP contribution is -2.34. The smallest absolute Gasteiger partial charge is 0.406 e. The van der Waals surface area contributed by atoms with Gasteiger partial charge >= 0.3 is 6.36 Å². The summed E-state index contributed by atoms with van der Waals surface area (Å²) >= 11 is 1.70. The molecule has 1 saturated heterocycles. The molecule has 0 amide bonds. The SMILES string of the molecule is CC(C)=Cc1ccccc1N1CCCSC1=NN=Cc1ccc(-c2ncn(-c3ccc(OC(F)(F)F)cc3)n2)cc1. The molecule has 11 heteroatoms. The number of nitrogens with zero attached hydrogens (tertiary/aromatic N) is 6. The van der Waals surface area contributed by atoms with Crippen LogP contribution in [0.2, 0.25) is 0 Å². The Bertz CT molecular complexity index is 1570. The van der Waals surface area contributed by atoms with E-state index >= 15 is 0 Å². The molecule has 0 saturated carbocycles. The molecule has 3 aromatic carbocycles. The van der Waals surface area contributed by atoms with Gasteiger partial charge in [0.15, 0.2) is 11.0 Å². The molecule has 1 aliphatic heterocycles. The van der Waals surface area contributed by atoms with Crippen molar-refractivity contribution in [2.75, 3.05) is 17.2 Å². The number of halogens is 3. The van der Waals surface area contributed by atoms with Gasteiger partial charge in [-0.05, 0) is 61.7 Å². The summed E-state index contributed by atoms with van der Waals surface area (Å²) in [5.74, 6) is 1.18. The van der Waals surface area contributed by atoms with Crippen molar-refractivity contribution < 1.29 is 17.9 Å². The maximum atomic E-state index is 12.4. The average molecular weight is 577 g/mol. The zero-order valence-corrected chi connectivity index (χ0v) is 23.2. The topological polar surface area (TPSA) is 67.9 Å². The molecule has 2 heterocycles. The number of ether oxygens (including phenoxy) is 1. The number of aromatic nitrogens is 3. The first-order chi connectivity index (χ1) is 19.7. The Morgan fingerprint density at radius 1 is 1.00 bits per heavy atom. The Balaban J connectivity index is 1.27. The zero-order valence-electron chi connectivity index (χ0n) is 22.4. The number of rotatable bonds is 7. The second-order valence-electron chi connectivity index (χ2n) is 9.44. The number of anilines is 1. The number of para-hydroxylation sites is 1. The Hall–Kier alpha value is -4.38. The van der Waals surface area contributed by atoms with Gasteiger partial charge in [0.1, 0.15) is 12.1 Å². The van der Waals surface area contributed by atoms with Gasteiger partial charge in [-0.3, -0.25) is 0 Å². The number of allylic oxidation sites excluding steroid dienone is 1. The highest BCUT2D eigenvalue weighted by atomic mass is 32.2. The summed E-state index contributed by atoms with van der Waals surface area (Å²) in [5, 5.41) is 14.2. The molecule has 41 heavy (non-hydrogen) atoms. The van der Waals surface area contributed by atoms with Crippen molar-refractivity contribution in [2.24, 2.45) is 10.2 Å². The molecule has 1 fully saturated rings. The Morgan fingerprint density at radius 2 is 1.76 bits per heavy atom. The molecule has 1 aliphatic rings.